The summed E-state index contributed by atoms with van der Waals surface area (Å²) in [6.07, 6.45) is 1.52. The van der Waals surface area contributed by atoms with Crippen molar-refractivity contribution < 1.29 is 24.2 Å². The highest BCUT2D eigenvalue weighted by Gasteiger charge is 2.23. The Morgan fingerprint density at radius 3 is 2.33 bits per heavy atom. The Labute approximate surface area is 155 Å². The van der Waals surface area contributed by atoms with Gasteiger partial charge in [0.25, 0.3) is 0 Å². The third-order valence-corrected chi connectivity index (χ3v) is 3.09. The standard InChI is InChI=1S/C17H19N5O5/c1-17(2,3)14(23)22-15(24)20-12-5-4-11(9-19-12)27-10-6-7-18-13(8-10)21-16(25)26/h4-9H,1-3H3,(H,18,21)(H,25,26)(H2,19,20,22,23,24). The minimum atomic E-state index is -1.24. The Morgan fingerprint density at radius 2 is 1.74 bits per heavy atom. The molecule has 0 saturated carbocycles. The monoisotopic (exact) mass is 373 g/mol. The topological polar surface area (TPSA) is 143 Å². The number of nitrogens with one attached hydrogen (secondary N) is 3. The maximum absolute atomic E-state index is 11.8. The van der Waals surface area contributed by atoms with E-state index in [4.69, 9.17) is 9.84 Å². The molecule has 4 N–H and O–H groups in total. The Hall–Kier alpha value is -3.69. The smallest absolute Gasteiger partial charge is 0.410 e. The van der Waals surface area contributed by atoms with Gasteiger partial charge in [0, 0.05) is 17.7 Å². The first kappa shape index (κ1) is 19.6. The molecule has 10 nitrogen and oxygen atoms in total. The Balaban J connectivity index is 1.96. The fourth-order valence-corrected chi connectivity index (χ4v) is 1.74. The molecule has 142 valence electrons. The summed E-state index contributed by atoms with van der Waals surface area (Å²) >= 11 is 0. The van der Waals surface area contributed by atoms with Crippen molar-refractivity contribution in [1.82, 2.24) is 15.3 Å². The van der Waals surface area contributed by atoms with Gasteiger partial charge in [-0.25, -0.2) is 19.6 Å². The van der Waals surface area contributed by atoms with E-state index in [-0.39, 0.29) is 11.6 Å². The number of imide groups is 1. The molecule has 0 aliphatic carbocycles. The lowest BCUT2D eigenvalue weighted by molar-refractivity contribution is -0.127. The lowest BCUT2D eigenvalue weighted by Crippen LogP contribution is -2.41. The summed E-state index contributed by atoms with van der Waals surface area (Å²) in [7, 11) is 0. The highest BCUT2D eigenvalue weighted by Crippen LogP contribution is 2.23. The number of rotatable bonds is 4. The summed E-state index contributed by atoms with van der Waals surface area (Å²) < 4.78 is 5.55. The fourth-order valence-electron chi connectivity index (χ4n) is 1.74. The van der Waals surface area contributed by atoms with Crippen LogP contribution >= 0.6 is 0 Å². The van der Waals surface area contributed by atoms with Crippen molar-refractivity contribution >= 4 is 29.7 Å². The van der Waals surface area contributed by atoms with E-state index in [1.54, 1.807) is 32.9 Å². The van der Waals surface area contributed by atoms with Crippen LogP contribution in [0.5, 0.6) is 11.5 Å². The highest BCUT2D eigenvalue weighted by atomic mass is 16.5. The van der Waals surface area contributed by atoms with Gasteiger partial charge in [0.1, 0.15) is 23.1 Å². The van der Waals surface area contributed by atoms with Crippen LogP contribution in [0, 0.1) is 5.41 Å². The molecule has 0 atom stereocenters. The number of pyridine rings is 2. The zero-order chi connectivity index (χ0) is 20.0. The molecule has 0 saturated heterocycles. The Morgan fingerprint density at radius 1 is 1.00 bits per heavy atom. The molecule has 4 amide bonds. The summed E-state index contributed by atoms with van der Waals surface area (Å²) in [5, 5.41) is 15.5. The van der Waals surface area contributed by atoms with Crippen molar-refractivity contribution in [3.8, 4) is 11.5 Å². The van der Waals surface area contributed by atoms with Gasteiger partial charge in [-0.15, -0.1) is 0 Å². The number of amides is 4. The van der Waals surface area contributed by atoms with Crippen molar-refractivity contribution in [2.24, 2.45) is 5.41 Å². The molecule has 0 radical (unpaired) electrons. The number of urea groups is 1. The average Bonchev–Trinajstić information content (AvgIpc) is 2.55. The van der Waals surface area contributed by atoms with Gasteiger partial charge in [-0.05, 0) is 18.2 Å². The van der Waals surface area contributed by atoms with E-state index < -0.39 is 23.4 Å². The van der Waals surface area contributed by atoms with Crippen molar-refractivity contribution in [3.05, 3.63) is 36.7 Å². The average molecular weight is 373 g/mol. The molecule has 27 heavy (non-hydrogen) atoms. The van der Waals surface area contributed by atoms with E-state index in [9.17, 15) is 14.4 Å². The number of hydrogen-bond acceptors (Lipinski definition) is 6. The summed E-state index contributed by atoms with van der Waals surface area (Å²) in [6, 6.07) is 5.32. The molecule has 0 bridgehead atoms. The van der Waals surface area contributed by atoms with Gasteiger partial charge < -0.3 is 9.84 Å². The quantitative estimate of drug-likeness (QED) is 0.645. The number of anilines is 2. The second-order valence-electron chi connectivity index (χ2n) is 6.45. The first-order valence-electron chi connectivity index (χ1n) is 7.86. The second-order valence-corrected chi connectivity index (χ2v) is 6.45. The van der Waals surface area contributed by atoms with E-state index in [2.05, 4.69) is 25.9 Å². The zero-order valence-electron chi connectivity index (χ0n) is 14.9. The predicted molar refractivity (Wildman–Crippen MR) is 96.8 cm³/mol. The normalized spacial score (nSPS) is 10.6. The molecular formula is C17H19N5O5. The van der Waals surface area contributed by atoms with Crippen molar-refractivity contribution in [3.63, 3.8) is 0 Å². The van der Waals surface area contributed by atoms with Crippen LogP contribution in [0.15, 0.2) is 36.7 Å². The SMILES string of the molecule is CC(C)(C)C(=O)NC(=O)Nc1ccc(Oc2ccnc(NC(=O)O)c2)cn1. The number of carbonyl (C=O) groups is 3. The first-order valence-corrected chi connectivity index (χ1v) is 7.86. The molecule has 0 aliphatic heterocycles. The van der Waals surface area contributed by atoms with Crippen molar-refractivity contribution in [1.29, 1.82) is 0 Å². The van der Waals surface area contributed by atoms with Gasteiger partial charge in [-0.2, -0.15) is 0 Å². The van der Waals surface area contributed by atoms with E-state index in [0.29, 0.717) is 11.5 Å². The number of carbonyl (C=O) groups excluding carboxylic acids is 2. The van der Waals surface area contributed by atoms with Gasteiger partial charge in [0.15, 0.2) is 0 Å². The van der Waals surface area contributed by atoms with Crippen LogP contribution in [0.3, 0.4) is 0 Å². The van der Waals surface area contributed by atoms with Crippen LogP contribution in [0.4, 0.5) is 21.2 Å². The molecule has 2 rings (SSSR count). The van der Waals surface area contributed by atoms with E-state index in [1.807, 2.05) is 0 Å². The largest absolute Gasteiger partial charge is 0.465 e. The van der Waals surface area contributed by atoms with Crippen LogP contribution in [0.25, 0.3) is 0 Å². The first-order chi connectivity index (χ1) is 12.6. The number of ether oxygens (including phenoxy) is 1. The van der Waals surface area contributed by atoms with Crippen LogP contribution in [-0.2, 0) is 4.79 Å². The molecule has 2 heterocycles. The number of carboxylic acid groups (broad SMARTS) is 1. The fraction of sp³-hybridized carbons (Fsp3) is 0.235. The molecular weight excluding hydrogens is 354 g/mol. The summed E-state index contributed by atoms with van der Waals surface area (Å²) in [4.78, 5) is 42.0. The number of hydrogen-bond donors (Lipinski definition) is 4. The van der Waals surface area contributed by atoms with E-state index in [0.717, 1.165) is 0 Å². The third kappa shape index (κ3) is 6.27. The lowest BCUT2D eigenvalue weighted by atomic mass is 9.96. The van der Waals surface area contributed by atoms with Crippen molar-refractivity contribution in [2.45, 2.75) is 20.8 Å². The van der Waals surface area contributed by atoms with Gasteiger partial charge in [-0.1, -0.05) is 20.8 Å². The molecule has 0 aliphatic rings. The van der Waals surface area contributed by atoms with Crippen LogP contribution < -0.4 is 20.7 Å². The molecule has 0 unspecified atom stereocenters. The molecule has 2 aromatic rings. The van der Waals surface area contributed by atoms with Crippen LogP contribution in [0.2, 0.25) is 0 Å². The zero-order valence-corrected chi connectivity index (χ0v) is 14.9. The molecule has 0 spiro atoms. The van der Waals surface area contributed by atoms with Gasteiger partial charge >= 0.3 is 12.1 Å². The third-order valence-electron chi connectivity index (χ3n) is 3.09. The molecule has 0 aromatic carbocycles. The minimum absolute atomic E-state index is 0.117. The summed E-state index contributed by atoms with van der Waals surface area (Å²) in [6.45, 7) is 5.07. The van der Waals surface area contributed by atoms with Crippen molar-refractivity contribution in [2.75, 3.05) is 10.6 Å². The van der Waals surface area contributed by atoms with Gasteiger partial charge in [0.2, 0.25) is 5.91 Å². The summed E-state index contributed by atoms with van der Waals surface area (Å²) in [5.74, 6) is 0.642. The van der Waals surface area contributed by atoms with Gasteiger partial charge in [0.05, 0.1) is 6.20 Å². The highest BCUT2D eigenvalue weighted by molar-refractivity contribution is 6.02. The Kier molecular flexibility index (Phi) is 5.91. The van der Waals surface area contributed by atoms with Gasteiger partial charge in [-0.3, -0.25) is 20.7 Å². The lowest BCUT2D eigenvalue weighted by Gasteiger charge is -2.16. The second kappa shape index (κ2) is 8.13. The maximum atomic E-state index is 11.8. The Bertz CT molecular complexity index is 846. The van der Waals surface area contributed by atoms with Crippen LogP contribution in [0.1, 0.15) is 20.8 Å². The van der Waals surface area contributed by atoms with E-state index >= 15 is 0 Å². The minimum Gasteiger partial charge on any atom is -0.465 e. The van der Waals surface area contributed by atoms with E-state index in [1.165, 1.54) is 24.5 Å². The van der Waals surface area contributed by atoms with Crippen LogP contribution in [-0.4, -0.2) is 33.1 Å². The number of nitrogens with zero attached hydrogens (tertiary/aromatic N) is 2. The molecule has 0 fully saturated rings. The molecule has 10 heteroatoms. The molecule has 2 aromatic heterocycles. The number of aromatic nitrogens is 2. The summed E-state index contributed by atoms with van der Waals surface area (Å²) in [5.41, 5.74) is -0.693. The maximum Gasteiger partial charge on any atom is 0.410 e. The predicted octanol–water partition coefficient (Wildman–Crippen LogP) is 3.05.